The summed E-state index contributed by atoms with van der Waals surface area (Å²) in [7, 11) is 0. The maximum atomic E-state index is 13.0. The monoisotopic (exact) mass is 489 g/mol. The third kappa shape index (κ3) is 4.64. The van der Waals surface area contributed by atoms with Gasteiger partial charge in [0.25, 0.3) is 0 Å². The normalized spacial score (nSPS) is 18.7. The predicted molar refractivity (Wildman–Crippen MR) is 127 cm³/mol. The first-order valence-corrected chi connectivity index (χ1v) is 12.0. The van der Waals surface area contributed by atoms with E-state index >= 15 is 0 Å². The van der Waals surface area contributed by atoms with Crippen LogP contribution in [0.2, 0.25) is 0 Å². The van der Waals surface area contributed by atoms with E-state index in [-0.39, 0.29) is 10.7 Å². The number of rotatable bonds is 7. The minimum atomic E-state index is -4.51. The molecular formula is C24H26F3N5OS. The van der Waals surface area contributed by atoms with Gasteiger partial charge in [-0.15, -0.1) is 10.2 Å². The van der Waals surface area contributed by atoms with E-state index < -0.39 is 11.2 Å². The van der Waals surface area contributed by atoms with Gasteiger partial charge in [0.15, 0.2) is 6.29 Å². The zero-order chi connectivity index (χ0) is 24.3. The second kappa shape index (κ2) is 9.69. The molecule has 1 N–H and O–H groups in total. The molecule has 6 nitrogen and oxygen atoms in total. The maximum absolute atomic E-state index is 13.0. The SMILES string of the molecule is CCC1(CNc2nnc(C(F)(F)F)s2)CCCCN1c1c(C)ccc(C=O)c1-c1ccccn1. The van der Waals surface area contributed by atoms with Crippen LogP contribution >= 0.6 is 11.3 Å². The zero-order valence-electron chi connectivity index (χ0n) is 19.0. The van der Waals surface area contributed by atoms with Gasteiger partial charge in [0.05, 0.1) is 16.9 Å². The molecule has 0 amide bonds. The van der Waals surface area contributed by atoms with Gasteiger partial charge < -0.3 is 10.2 Å². The Morgan fingerprint density at radius 2 is 2.03 bits per heavy atom. The first kappa shape index (κ1) is 24.1. The fraction of sp³-hybridized carbons (Fsp3) is 0.417. The fourth-order valence-electron chi connectivity index (χ4n) is 4.71. The van der Waals surface area contributed by atoms with Gasteiger partial charge in [0.1, 0.15) is 0 Å². The Morgan fingerprint density at radius 3 is 2.68 bits per heavy atom. The Hall–Kier alpha value is -3.01. The molecule has 3 aromatic rings. The molecule has 1 aromatic carbocycles. The molecule has 2 aromatic heterocycles. The van der Waals surface area contributed by atoms with Crippen molar-refractivity contribution in [3.8, 4) is 11.3 Å². The lowest BCUT2D eigenvalue weighted by Crippen LogP contribution is -2.56. The van der Waals surface area contributed by atoms with Gasteiger partial charge in [-0.2, -0.15) is 13.2 Å². The van der Waals surface area contributed by atoms with Gasteiger partial charge in [-0.05, 0) is 50.3 Å². The summed E-state index contributed by atoms with van der Waals surface area (Å²) in [5.74, 6) is 0. The molecule has 180 valence electrons. The van der Waals surface area contributed by atoms with Crippen LogP contribution in [0.3, 0.4) is 0 Å². The van der Waals surface area contributed by atoms with E-state index in [4.69, 9.17) is 0 Å². The number of carbonyl (C=O) groups excluding carboxylic acids is 1. The quantitative estimate of drug-likeness (QED) is 0.411. The number of alkyl halides is 3. The Kier molecular flexibility index (Phi) is 6.88. The second-order valence-corrected chi connectivity index (χ2v) is 9.46. The lowest BCUT2D eigenvalue weighted by Gasteiger charge is -2.50. The molecule has 1 atom stereocenters. The van der Waals surface area contributed by atoms with E-state index in [1.54, 1.807) is 6.20 Å². The Morgan fingerprint density at radius 1 is 1.21 bits per heavy atom. The molecule has 34 heavy (non-hydrogen) atoms. The topological polar surface area (TPSA) is 71.0 Å². The molecule has 1 aliphatic heterocycles. The molecule has 1 aliphatic rings. The summed E-state index contributed by atoms with van der Waals surface area (Å²) in [6, 6.07) is 9.36. The first-order chi connectivity index (χ1) is 16.3. The maximum Gasteiger partial charge on any atom is 0.445 e. The minimum absolute atomic E-state index is 0.147. The lowest BCUT2D eigenvalue weighted by atomic mass is 9.82. The van der Waals surface area contributed by atoms with E-state index in [1.807, 2.05) is 37.3 Å². The number of nitrogens with one attached hydrogen (secondary N) is 1. The number of anilines is 2. The van der Waals surface area contributed by atoms with E-state index in [1.165, 1.54) is 0 Å². The van der Waals surface area contributed by atoms with Crippen LogP contribution in [0.4, 0.5) is 24.0 Å². The molecule has 3 heterocycles. The van der Waals surface area contributed by atoms with Crippen molar-refractivity contribution in [2.45, 2.75) is 51.2 Å². The number of aldehydes is 1. The average molecular weight is 490 g/mol. The second-order valence-electron chi connectivity index (χ2n) is 8.48. The number of pyridine rings is 1. The highest BCUT2D eigenvalue weighted by Crippen LogP contribution is 2.43. The van der Waals surface area contributed by atoms with Crippen LogP contribution < -0.4 is 10.2 Å². The Labute approximate surface area is 200 Å². The van der Waals surface area contributed by atoms with Gasteiger partial charge in [-0.25, -0.2) is 0 Å². The van der Waals surface area contributed by atoms with Crippen LogP contribution in [0.15, 0.2) is 36.5 Å². The Balaban J connectivity index is 1.75. The summed E-state index contributed by atoms with van der Waals surface area (Å²) in [6.07, 6.45) is 1.63. The highest BCUT2D eigenvalue weighted by molar-refractivity contribution is 7.15. The lowest BCUT2D eigenvalue weighted by molar-refractivity contribution is -0.138. The van der Waals surface area contributed by atoms with E-state index in [2.05, 4.69) is 32.3 Å². The van der Waals surface area contributed by atoms with Crippen molar-refractivity contribution in [1.82, 2.24) is 15.2 Å². The van der Waals surface area contributed by atoms with Crippen LogP contribution in [0.25, 0.3) is 11.3 Å². The van der Waals surface area contributed by atoms with Gasteiger partial charge in [-0.1, -0.05) is 36.5 Å². The first-order valence-electron chi connectivity index (χ1n) is 11.2. The number of hydrogen-bond donors (Lipinski definition) is 1. The molecule has 10 heteroatoms. The van der Waals surface area contributed by atoms with Crippen molar-refractivity contribution in [2.75, 3.05) is 23.3 Å². The molecule has 1 saturated heterocycles. The summed E-state index contributed by atoms with van der Waals surface area (Å²) in [5.41, 5.74) is 3.64. The highest BCUT2D eigenvalue weighted by atomic mass is 32.1. The molecule has 0 bridgehead atoms. The van der Waals surface area contributed by atoms with Crippen LogP contribution in [-0.2, 0) is 6.18 Å². The molecular weight excluding hydrogens is 463 g/mol. The summed E-state index contributed by atoms with van der Waals surface area (Å²) in [4.78, 5) is 18.9. The van der Waals surface area contributed by atoms with Crippen molar-refractivity contribution in [2.24, 2.45) is 0 Å². The number of aromatic nitrogens is 3. The number of piperidine rings is 1. The highest BCUT2D eigenvalue weighted by Gasteiger charge is 2.40. The predicted octanol–water partition coefficient (Wildman–Crippen LogP) is 5.99. The van der Waals surface area contributed by atoms with Gasteiger partial charge in [0, 0.05) is 30.4 Å². The van der Waals surface area contributed by atoms with Crippen molar-refractivity contribution in [3.05, 3.63) is 52.7 Å². The Bertz CT molecular complexity index is 1150. The average Bonchev–Trinajstić information content (AvgIpc) is 3.33. The van der Waals surface area contributed by atoms with Crippen LogP contribution in [-0.4, -0.2) is 40.1 Å². The summed E-state index contributed by atoms with van der Waals surface area (Å²) >= 11 is 0.511. The van der Waals surface area contributed by atoms with E-state index in [0.29, 0.717) is 29.1 Å². The largest absolute Gasteiger partial charge is 0.445 e. The summed E-state index contributed by atoms with van der Waals surface area (Å²) < 4.78 is 38.9. The van der Waals surface area contributed by atoms with Crippen LogP contribution in [0.1, 0.15) is 53.5 Å². The molecule has 0 spiro atoms. The third-order valence-corrected chi connectivity index (χ3v) is 7.40. The number of carbonyl (C=O) groups is 1. The number of nitrogens with zero attached hydrogens (tertiary/aromatic N) is 4. The number of hydrogen-bond acceptors (Lipinski definition) is 7. The molecule has 1 unspecified atom stereocenters. The molecule has 0 radical (unpaired) electrons. The van der Waals surface area contributed by atoms with Crippen molar-refractivity contribution < 1.29 is 18.0 Å². The minimum Gasteiger partial charge on any atom is -0.363 e. The van der Waals surface area contributed by atoms with Gasteiger partial charge >= 0.3 is 6.18 Å². The van der Waals surface area contributed by atoms with Crippen molar-refractivity contribution in [1.29, 1.82) is 0 Å². The van der Waals surface area contributed by atoms with Crippen LogP contribution in [0.5, 0.6) is 0 Å². The van der Waals surface area contributed by atoms with Gasteiger partial charge in [0.2, 0.25) is 10.1 Å². The number of halogens is 3. The summed E-state index contributed by atoms with van der Waals surface area (Å²) in [6.45, 7) is 5.27. The number of aryl methyl sites for hydroxylation is 1. The van der Waals surface area contributed by atoms with E-state index in [9.17, 15) is 18.0 Å². The smallest absolute Gasteiger partial charge is 0.363 e. The fourth-order valence-corrected chi connectivity index (χ4v) is 5.31. The summed E-state index contributed by atoms with van der Waals surface area (Å²) in [5, 5.41) is 9.30. The van der Waals surface area contributed by atoms with Gasteiger partial charge in [-0.3, -0.25) is 9.78 Å². The van der Waals surface area contributed by atoms with Crippen molar-refractivity contribution >= 4 is 28.4 Å². The molecule has 0 saturated carbocycles. The van der Waals surface area contributed by atoms with Crippen molar-refractivity contribution in [3.63, 3.8) is 0 Å². The molecule has 1 fully saturated rings. The number of benzene rings is 1. The van der Waals surface area contributed by atoms with Crippen LogP contribution in [0, 0.1) is 6.92 Å². The molecule has 0 aliphatic carbocycles. The zero-order valence-corrected chi connectivity index (χ0v) is 19.8. The standard InChI is InChI=1S/C24H26F3N5OS/c1-3-23(15-29-22-31-30-21(34-22)24(25,26)27)11-5-7-13-32(23)20-16(2)9-10-17(14-33)19(20)18-8-4-6-12-28-18/h4,6,8-10,12,14H,3,5,7,11,13,15H2,1-2H3,(H,29,31). The van der Waals surface area contributed by atoms with E-state index in [0.717, 1.165) is 55.3 Å². The third-order valence-electron chi connectivity index (χ3n) is 6.47. The molecule has 4 rings (SSSR count).